The van der Waals surface area contributed by atoms with Gasteiger partial charge in [-0.25, -0.2) is 4.98 Å². The van der Waals surface area contributed by atoms with Crippen molar-refractivity contribution >= 4 is 44.8 Å². The Labute approximate surface area is 136 Å². The number of hydrogen-bond donors (Lipinski definition) is 0. The van der Waals surface area contributed by atoms with Crippen LogP contribution in [0.4, 0.5) is 0 Å². The van der Waals surface area contributed by atoms with Crippen molar-refractivity contribution in [3.63, 3.8) is 0 Å². The van der Waals surface area contributed by atoms with Crippen LogP contribution < -0.4 is 4.74 Å². The molecule has 3 nitrogen and oxygen atoms in total. The number of hydrogen-bond acceptors (Lipinski definition) is 4. The summed E-state index contributed by atoms with van der Waals surface area (Å²) in [4.78, 5) is 10.5. The Morgan fingerprint density at radius 2 is 2.00 bits per heavy atom. The smallest absolute Gasteiger partial charge is 0.232 e. The summed E-state index contributed by atoms with van der Waals surface area (Å²) in [5.41, 5.74) is 0.941. The standard InChI is InChI=1S/C15H12Cl2N2OS/c1-3-10-7-11-13(18-15(17)19-14(11)21-10)20-12-5-4-9(16)6-8(12)2/h4-7H,3H2,1-2H3. The molecule has 3 rings (SSSR count). The lowest BCUT2D eigenvalue weighted by molar-refractivity contribution is 0.465. The van der Waals surface area contributed by atoms with Crippen molar-refractivity contribution in [2.45, 2.75) is 20.3 Å². The van der Waals surface area contributed by atoms with Gasteiger partial charge in [0, 0.05) is 9.90 Å². The number of aromatic nitrogens is 2. The molecule has 0 fully saturated rings. The molecule has 3 aromatic rings. The van der Waals surface area contributed by atoms with Gasteiger partial charge in [-0.05, 0) is 54.8 Å². The Hall–Kier alpha value is -1.36. The average molecular weight is 339 g/mol. The lowest BCUT2D eigenvalue weighted by Crippen LogP contribution is -1.93. The molecule has 0 unspecified atom stereocenters. The quantitative estimate of drug-likeness (QED) is 0.578. The molecule has 6 heteroatoms. The van der Waals surface area contributed by atoms with Gasteiger partial charge in [0.15, 0.2) is 0 Å². The van der Waals surface area contributed by atoms with Crippen LogP contribution in [0.15, 0.2) is 24.3 Å². The van der Waals surface area contributed by atoms with Crippen LogP contribution in [0.1, 0.15) is 17.4 Å². The Balaban J connectivity index is 2.08. The van der Waals surface area contributed by atoms with E-state index in [1.165, 1.54) is 4.88 Å². The van der Waals surface area contributed by atoms with Crippen LogP contribution in [0.2, 0.25) is 10.3 Å². The Morgan fingerprint density at radius 3 is 2.71 bits per heavy atom. The molecule has 0 atom stereocenters. The minimum atomic E-state index is 0.189. The van der Waals surface area contributed by atoms with Crippen molar-refractivity contribution < 1.29 is 4.74 Å². The van der Waals surface area contributed by atoms with E-state index in [0.717, 1.165) is 22.2 Å². The molecule has 0 aliphatic carbocycles. The minimum absolute atomic E-state index is 0.189. The minimum Gasteiger partial charge on any atom is -0.438 e. The molecule has 2 aromatic heterocycles. The van der Waals surface area contributed by atoms with Gasteiger partial charge in [0.05, 0.1) is 5.39 Å². The van der Waals surface area contributed by atoms with Gasteiger partial charge in [-0.1, -0.05) is 18.5 Å². The molecular formula is C15H12Cl2N2OS. The number of thiophene rings is 1. The summed E-state index contributed by atoms with van der Waals surface area (Å²) in [7, 11) is 0. The molecule has 2 heterocycles. The fourth-order valence-corrected chi connectivity index (χ4v) is 3.40. The van der Waals surface area contributed by atoms with Gasteiger partial charge in [0.2, 0.25) is 11.2 Å². The molecule has 0 aliphatic heterocycles. The lowest BCUT2D eigenvalue weighted by atomic mass is 10.2. The first kappa shape index (κ1) is 14.6. The summed E-state index contributed by atoms with van der Waals surface area (Å²) in [6.07, 6.45) is 0.943. The van der Waals surface area contributed by atoms with Crippen molar-refractivity contribution in [3.8, 4) is 11.6 Å². The first-order valence-corrected chi connectivity index (χ1v) is 8.04. The SMILES string of the molecule is CCc1cc2c(Oc3ccc(Cl)cc3C)nc(Cl)nc2s1. The highest BCUT2D eigenvalue weighted by atomic mass is 35.5. The third-order valence-electron chi connectivity index (χ3n) is 3.07. The molecule has 0 radical (unpaired) electrons. The second kappa shape index (κ2) is 5.79. The number of benzene rings is 1. The topological polar surface area (TPSA) is 35.0 Å². The van der Waals surface area contributed by atoms with Gasteiger partial charge in [-0.15, -0.1) is 11.3 Å². The van der Waals surface area contributed by atoms with E-state index in [-0.39, 0.29) is 5.28 Å². The first-order chi connectivity index (χ1) is 10.1. The number of aryl methyl sites for hydroxylation is 2. The average Bonchev–Trinajstić information content (AvgIpc) is 2.85. The number of halogens is 2. The molecule has 108 valence electrons. The van der Waals surface area contributed by atoms with E-state index in [1.54, 1.807) is 17.4 Å². The second-order valence-corrected chi connectivity index (χ2v) is 6.48. The summed E-state index contributed by atoms with van der Waals surface area (Å²) < 4.78 is 5.93. The molecule has 0 spiro atoms. The zero-order valence-electron chi connectivity index (χ0n) is 11.5. The Bertz CT molecular complexity index is 817. The predicted octanol–water partition coefficient (Wildman–Crippen LogP) is 5.66. The van der Waals surface area contributed by atoms with E-state index in [9.17, 15) is 0 Å². The molecule has 0 bridgehead atoms. The summed E-state index contributed by atoms with van der Waals surface area (Å²) in [5.74, 6) is 1.19. The van der Waals surface area contributed by atoms with E-state index >= 15 is 0 Å². The van der Waals surface area contributed by atoms with Gasteiger partial charge in [-0.2, -0.15) is 4.98 Å². The molecule has 0 amide bonds. The summed E-state index contributed by atoms with van der Waals surface area (Å²) in [6.45, 7) is 4.04. The maximum Gasteiger partial charge on any atom is 0.232 e. The van der Waals surface area contributed by atoms with Crippen LogP contribution in [0.25, 0.3) is 10.2 Å². The largest absolute Gasteiger partial charge is 0.438 e. The monoisotopic (exact) mass is 338 g/mol. The molecular weight excluding hydrogens is 327 g/mol. The van der Waals surface area contributed by atoms with Crippen LogP contribution in [-0.2, 0) is 6.42 Å². The van der Waals surface area contributed by atoms with Gasteiger partial charge < -0.3 is 4.74 Å². The Morgan fingerprint density at radius 1 is 1.19 bits per heavy atom. The summed E-state index contributed by atoms with van der Waals surface area (Å²) in [5, 5.41) is 1.75. The molecule has 0 saturated heterocycles. The third kappa shape index (κ3) is 2.98. The van der Waals surface area contributed by atoms with E-state index < -0.39 is 0 Å². The van der Waals surface area contributed by atoms with E-state index in [0.29, 0.717) is 16.7 Å². The highest BCUT2D eigenvalue weighted by Crippen LogP contribution is 2.35. The van der Waals surface area contributed by atoms with Crippen LogP contribution in [0, 0.1) is 6.92 Å². The molecule has 0 saturated carbocycles. The Kier molecular flexibility index (Phi) is 4.02. The highest BCUT2D eigenvalue weighted by Gasteiger charge is 2.13. The van der Waals surface area contributed by atoms with Crippen LogP contribution in [0.3, 0.4) is 0 Å². The number of fused-ring (bicyclic) bond motifs is 1. The molecule has 0 N–H and O–H groups in total. The normalized spacial score (nSPS) is 11.0. The van der Waals surface area contributed by atoms with Crippen molar-refractivity contribution in [1.29, 1.82) is 0 Å². The number of ether oxygens (including phenoxy) is 1. The van der Waals surface area contributed by atoms with Gasteiger partial charge >= 0.3 is 0 Å². The highest BCUT2D eigenvalue weighted by molar-refractivity contribution is 7.18. The number of rotatable bonds is 3. The van der Waals surface area contributed by atoms with Crippen LogP contribution >= 0.6 is 34.5 Å². The van der Waals surface area contributed by atoms with E-state index in [2.05, 4.69) is 23.0 Å². The molecule has 21 heavy (non-hydrogen) atoms. The summed E-state index contributed by atoms with van der Waals surface area (Å²) in [6, 6.07) is 7.51. The van der Waals surface area contributed by atoms with Crippen molar-refractivity contribution in [2.24, 2.45) is 0 Å². The van der Waals surface area contributed by atoms with Gasteiger partial charge in [-0.3, -0.25) is 0 Å². The van der Waals surface area contributed by atoms with Gasteiger partial charge in [0.25, 0.3) is 0 Å². The first-order valence-electron chi connectivity index (χ1n) is 6.46. The zero-order valence-corrected chi connectivity index (χ0v) is 13.8. The molecule has 1 aromatic carbocycles. The maximum atomic E-state index is 5.99. The summed E-state index contributed by atoms with van der Waals surface area (Å²) >= 11 is 13.6. The second-order valence-electron chi connectivity index (χ2n) is 4.59. The van der Waals surface area contributed by atoms with Crippen LogP contribution in [-0.4, -0.2) is 9.97 Å². The number of nitrogens with zero attached hydrogens (tertiary/aromatic N) is 2. The molecule has 0 aliphatic rings. The fourth-order valence-electron chi connectivity index (χ4n) is 2.00. The van der Waals surface area contributed by atoms with Crippen LogP contribution in [0.5, 0.6) is 11.6 Å². The van der Waals surface area contributed by atoms with E-state index in [1.807, 2.05) is 19.1 Å². The zero-order chi connectivity index (χ0) is 15.0. The van der Waals surface area contributed by atoms with Crippen molar-refractivity contribution in [1.82, 2.24) is 9.97 Å². The third-order valence-corrected chi connectivity index (χ3v) is 4.65. The van der Waals surface area contributed by atoms with Crippen molar-refractivity contribution in [2.75, 3.05) is 0 Å². The van der Waals surface area contributed by atoms with E-state index in [4.69, 9.17) is 27.9 Å². The lowest BCUT2D eigenvalue weighted by Gasteiger charge is -2.09. The fraction of sp³-hybridized carbons (Fsp3) is 0.200. The predicted molar refractivity (Wildman–Crippen MR) is 88.1 cm³/mol. The van der Waals surface area contributed by atoms with Crippen molar-refractivity contribution in [3.05, 3.63) is 45.0 Å². The van der Waals surface area contributed by atoms with Gasteiger partial charge in [0.1, 0.15) is 10.6 Å². The maximum absolute atomic E-state index is 5.99.